The molecule has 3 N–H and O–H groups in total. The Morgan fingerprint density at radius 3 is 2.42 bits per heavy atom. The topological polar surface area (TPSA) is 72.2 Å². The van der Waals surface area contributed by atoms with Crippen LogP contribution in [0.15, 0.2) is 22.7 Å². The third-order valence-corrected chi connectivity index (χ3v) is 3.18. The Labute approximate surface area is 115 Å². The number of rotatable bonds is 3. The zero-order valence-corrected chi connectivity index (χ0v) is 11.3. The van der Waals surface area contributed by atoms with Gasteiger partial charge in [0.25, 0.3) is 5.91 Å². The lowest BCUT2D eigenvalue weighted by molar-refractivity contribution is -0.138. The first kappa shape index (κ1) is 15.5. The molecule has 19 heavy (non-hydrogen) atoms. The fourth-order valence-electron chi connectivity index (χ4n) is 1.27. The summed E-state index contributed by atoms with van der Waals surface area (Å²) in [7, 11) is 0. The molecule has 1 atom stereocenters. The predicted octanol–water partition coefficient (Wildman–Crippen LogP) is 2.07. The molecule has 2 amide bonds. The van der Waals surface area contributed by atoms with Crippen LogP contribution in [-0.2, 0) is 11.0 Å². The van der Waals surface area contributed by atoms with E-state index in [4.69, 9.17) is 5.73 Å². The van der Waals surface area contributed by atoms with Crippen LogP contribution in [0.4, 0.5) is 13.2 Å². The van der Waals surface area contributed by atoms with Crippen LogP contribution in [0.5, 0.6) is 0 Å². The van der Waals surface area contributed by atoms with E-state index >= 15 is 0 Å². The molecule has 104 valence electrons. The van der Waals surface area contributed by atoms with Crippen molar-refractivity contribution in [2.24, 2.45) is 5.73 Å². The molecule has 1 aromatic rings. The molecule has 0 bridgehead atoms. The maximum Gasteiger partial charge on any atom is 0.417 e. The van der Waals surface area contributed by atoms with Gasteiger partial charge < -0.3 is 11.1 Å². The number of carbonyl (C=O) groups is 2. The molecule has 1 aromatic carbocycles. The molecule has 0 aromatic heterocycles. The van der Waals surface area contributed by atoms with Crippen LogP contribution < -0.4 is 11.1 Å². The summed E-state index contributed by atoms with van der Waals surface area (Å²) in [4.78, 5) is 22.5. The Kier molecular flexibility index (Phi) is 4.56. The molecule has 0 aliphatic carbocycles. The van der Waals surface area contributed by atoms with Crippen LogP contribution in [0.3, 0.4) is 0 Å². The zero-order valence-electron chi connectivity index (χ0n) is 9.72. The molecule has 0 spiro atoms. The first-order valence-corrected chi connectivity index (χ1v) is 5.89. The molecule has 0 fully saturated rings. The minimum atomic E-state index is -4.58. The Hall–Kier alpha value is -1.57. The summed E-state index contributed by atoms with van der Waals surface area (Å²) in [5.74, 6) is -1.60. The third kappa shape index (κ3) is 3.69. The SMILES string of the molecule is C[C@H](NC(=O)c1cccc(C(F)(F)F)c1Br)C(N)=O. The number of hydrogen-bond donors (Lipinski definition) is 2. The van der Waals surface area contributed by atoms with Gasteiger partial charge in [0.2, 0.25) is 5.91 Å². The molecule has 1 rings (SSSR count). The Bertz CT molecular complexity index is 517. The number of amides is 2. The minimum absolute atomic E-state index is 0.220. The molecule has 0 heterocycles. The van der Waals surface area contributed by atoms with E-state index in [1.54, 1.807) is 0 Å². The van der Waals surface area contributed by atoms with Gasteiger partial charge >= 0.3 is 6.18 Å². The molecule has 0 aliphatic heterocycles. The summed E-state index contributed by atoms with van der Waals surface area (Å²) in [6.45, 7) is 1.34. The molecule has 0 saturated heterocycles. The maximum absolute atomic E-state index is 12.6. The molecule has 0 unspecified atom stereocenters. The summed E-state index contributed by atoms with van der Waals surface area (Å²) in [6, 6.07) is 2.19. The molecule has 0 radical (unpaired) electrons. The largest absolute Gasteiger partial charge is 0.417 e. The Morgan fingerprint density at radius 2 is 1.95 bits per heavy atom. The second-order valence-corrected chi connectivity index (χ2v) is 4.56. The predicted molar refractivity (Wildman–Crippen MR) is 65.3 cm³/mol. The second kappa shape index (κ2) is 5.60. The average molecular weight is 339 g/mol. The van der Waals surface area contributed by atoms with Crippen molar-refractivity contribution in [2.75, 3.05) is 0 Å². The lowest BCUT2D eigenvalue weighted by atomic mass is 10.1. The minimum Gasteiger partial charge on any atom is -0.368 e. The molecular weight excluding hydrogens is 329 g/mol. The van der Waals surface area contributed by atoms with Crippen LogP contribution in [0.25, 0.3) is 0 Å². The molecular formula is C11H10BrF3N2O2. The van der Waals surface area contributed by atoms with Crippen molar-refractivity contribution in [2.45, 2.75) is 19.1 Å². The van der Waals surface area contributed by atoms with Gasteiger partial charge in [0.15, 0.2) is 0 Å². The van der Waals surface area contributed by atoms with Crippen molar-refractivity contribution >= 4 is 27.7 Å². The number of hydrogen-bond acceptors (Lipinski definition) is 2. The van der Waals surface area contributed by atoms with Crippen LogP contribution in [0, 0.1) is 0 Å². The van der Waals surface area contributed by atoms with Crippen molar-refractivity contribution in [1.82, 2.24) is 5.32 Å². The summed E-state index contributed by atoms with van der Waals surface area (Å²) >= 11 is 2.75. The van der Waals surface area contributed by atoms with E-state index < -0.39 is 29.6 Å². The van der Waals surface area contributed by atoms with E-state index in [1.807, 2.05) is 0 Å². The highest BCUT2D eigenvalue weighted by Gasteiger charge is 2.34. The van der Waals surface area contributed by atoms with Crippen molar-refractivity contribution in [1.29, 1.82) is 0 Å². The van der Waals surface area contributed by atoms with Crippen LogP contribution >= 0.6 is 15.9 Å². The summed E-state index contributed by atoms with van der Waals surface area (Å²) < 4.78 is 37.6. The number of benzene rings is 1. The molecule has 4 nitrogen and oxygen atoms in total. The highest BCUT2D eigenvalue weighted by molar-refractivity contribution is 9.10. The van der Waals surface area contributed by atoms with Crippen LogP contribution in [-0.4, -0.2) is 17.9 Å². The van der Waals surface area contributed by atoms with Gasteiger partial charge in [0.1, 0.15) is 6.04 Å². The fourth-order valence-corrected chi connectivity index (χ4v) is 1.94. The van der Waals surface area contributed by atoms with Crippen LogP contribution in [0.1, 0.15) is 22.8 Å². The van der Waals surface area contributed by atoms with Gasteiger partial charge in [-0.25, -0.2) is 0 Å². The number of alkyl halides is 3. The summed E-state index contributed by atoms with van der Waals surface area (Å²) in [5, 5.41) is 2.20. The normalized spacial score (nSPS) is 12.9. The number of nitrogens with two attached hydrogens (primary N) is 1. The van der Waals surface area contributed by atoms with Crippen molar-refractivity contribution < 1.29 is 22.8 Å². The monoisotopic (exact) mass is 338 g/mol. The molecule has 8 heteroatoms. The van der Waals surface area contributed by atoms with Crippen molar-refractivity contribution in [3.05, 3.63) is 33.8 Å². The van der Waals surface area contributed by atoms with Gasteiger partial charge in [-0.2, -0.15) is 13.2 Å². The van der Waals surface area contributed by atoms with E-state index in [0.29, 0.717) is 0 Å². The number of nitrogens with one attached hydrogen (secondary N) is 1. The highest BCUT2D eigenvalue weighted by Crippen LogP contribution is 2.36. The van der Waals surface area contributed by atoms with Gasteiger partial charge in [0.05, 0.1) is 11.1 Å². The standard InChI is InChI=1S/C11H10BrF3N2O2/c1-5(9(16)18)17-10(19)6-3-2-4-7(8(6)12)11(13,14)15/h2-5H,1H3,(H2,16,18)(H,17,19)/t5-/m0/s1. The summed E-state index contributed by atoms with van der Waals surface area (Å²) in [6.07, 6.45) is -4.58. The van der Waals surface area contributed by atoms with Gasteiger partial charge in [-0.3, -0.25) is 9.59 Å². The maximum atomic E-state index is 12.6. The third-order valence-electron chi connectivity index (χ3n) is 2.32. The fraction of sp³-hybridized carbons (Fsp3) is 0.273. The Morgan fingerprint density at radius 1 is 1.37 bits per heavy atom. The van der Waals surface area contributed by atoms with E-state index in [1.165, 1.54) is 13.0 Å². The van der Waals surface area contributed by atoms with E-state index in [9.17, 15) is 22.8 Å². The van der Waals surface area contributed by atoms with Gasteiger partial charge in [-0.15, -0.1) is 0 Å². The lowest BCUT2D eigenvalue weighted by Crippen LogP contribution is -2.42. The molecule has 0 aliphatic rings. The van der Waals surface area contributed by atoms with Gasteiger partial charge in [-0.05, 0) is 35.0 Å². The zero-order chi connectivity index (χ0) is 14.8. The van der Waals surface area contributed by atoms with Gasteiger partial charge in [-0.1, -0.05) is 6.07 Å². The highest BCUT2D eigenvalue weighted by atomic mass is 79.9. The molecule has 0 saturated carbocycles. The van der Waals surface area contributed by atoms with E-state index in [2.05, 4.69) is 21.2 Å². The van der Waals surface area contributed by atoms with E-state index in [0.717, 1.165) is 12.1 Å². The lowest BCUT2D eigenvalue weighted by Gasteiger charge is -2.14. The summed E-state index contributed by atoms with van der Waals surface area (Å²) in [5.41, 5.74) is 3.77. The quantitative estimate of drug-likeness (QED) is 0.885. The number of halogens is 4. The first-order valence-electron chi connectivity index (χ1n) is 5.10. The van der Waals surface area contributed by atoms with E-state index in [-0.39, 0.29) is 10.0 Å². The smallest absolute Gasteiger partial charge is 0.368 e. The van der Waals surface area contributed by atoms with Crippen molar-refractivity contribution in [3.8, 4) is 0 Å². The van der Waals surface area contributed by atoms with Crippen molar-refractivity contribution in [3.63, 3.8) is 0 Å². The number of primary amides is 1. The second-order valence-electron chi connectivity index (χ2n) is 3.76. The van der Waals surface area contributed by atoms with Gasteiger partial charge in [0, 0.05) is 4.47 Å². The number of carbonyl (C=O) groups excluding carboxylic acids is 2. The Balaban J connectivity index is 3.09. The van der Waals surface area contributed by atoms with Crippen LogP contribution in [0.2, 0.25) is 0 Å². The first-order chi connectivity index (χ1) is 8.64. The average Bonchev–Trinajstić information content (AvgIpc) is 2.27.